The summed E-state index contributed by atoms with van der Waals surface area (Å²) < 4.78 is 53.2. The fourth-order valence-corrected chi connectivity index (χ4v) is 2.32. The summed E-state index contributed by atoms with van der Waals surface area (Å²) >= 11 is 5.80. The van der Waals surface area contributed by atoms with Gasteiger partial charge in [-0.15, -0.1) is 0 Å². The van der Waals surface area contributed by atoms with Crippen LogP contribution in [0.15, 0.2) is 36.4 Å². The molecule has 1 amide bonds. The Bertz CT molecular complexity index is 886. The van der Waals surface area contributed by atoms with Crippen LogP contribution in [0.5, 0.6) is 11.5 Å². The zero-order valence-corrected chi connectivity index (χ0v) is 15.5. The van der Waals surface area contributed by atoms with E-state index in [0.717, 1.165) is 12.1 Å². The highest BCUT2D eigenvalue weighted by atomic mass is 35.5. The average molecular weight is 418 g/mol. The van der Waals surface area contributed by atoms with Crippen molar-refractivity contribution in [2.75, 3.05) is 26.1 Å². The predicted molar refractivity (Wildman–Crippen MR) is 94.9 cm³/mol. The normalized spacial score (nSPS) is 10.9. The second kappa shape index (κ2) is 8.83. The first kappa shape index (κ1) is 21.4. The second-order valence-electron chi connectivity index (χ2n) is 5.38. The van der Waals surface area contributed by atoms with Crippen molar-refractivity contribution in [1.82, 2.24) is 0 Å². The summed E-state index contributed by atoms with van der Waals surface area (Å²) in [4.78, 5) is 24.1. The molecule has 2 rings (SSSR count). The van der Waals surface area contributed by atoms with E-state index in [2.05, 4.69) is 5.32 Å². The van der Waals surface area contributed by atoms with Gasteiger partial charge in [0.15, 0.2) is 6.61 Å². The summed E-state index contributed by atoms with van der Waals surface area (Å²) in [5.41, 5.74) is -1.18. The van der Waals surface area contributed by atoms with Crippen molar-refractivity contribution in [3.8, 4) is 11.5 Å². The molecule has 0 aliphatic heterocycles. The Morgan fingerprint density at radius 2 is 1.79 bits per heavy atom. The van der Waals surface area contributed by atoms with E-state index in [1.54, 1.807) is 0 Å². The molecule has 0 aliphatic carbocycles. The molecule has 0 radical (unpaired) electrons. The van der Waals surface area contributed by atoms with Crippen LogP contribution in [0.4, 0.5) is 18.9 Å². The van der Waals surface area contributed by atoms with Crippen molar-refractivity contribution in [2.45, 2.75) is 6.18 Å². The Kier molecular flexibility index (Phi) is 6.74. The monoisotopic (exact) mass is 417 g/mol. The van der Waals surface area contributed by atoms with Crippen LogP contribution in [-0.2, 0) is 15.7 Å². The Hall–Kier alpha value is -2.94. The summed E-state index contributed by atoms with van der Waals surface area (Å²) in [5.74, 6) is -1.09. The third-order valence-electron chi connectivity index (χ3n) is 3.53. The topological polar surface area (TPSA) is 73.9 Å². The molecule has 28 heavy (non-hydrogen) atoms. The summed E-state index contributed by atoms with van der Waals surface area (Å²) in [5, 5.41) is 2.08. The van der Waals surface area contributed by atoms with Gasteiger partial charge in [-0.1, -0.05) is 11.6 Å². The first-order valence-electron chi connectivity index (χ1n) is 7.71. The number of carbonyl (C=O) groups is 2. The van der Waals surface area contributed by atoms with E-state index in [1.807, 2.05) is 0 Å². The minimum absolute atomic E-state index is 0.0493. The Balaban J connectivity index is 2.04. The van der Waals surface area contributed by atoms with E-state index < -0.39 is 30.2 Å². The molecule has 0 saturated carbocycles. The van der Waals surface area contributed by atoms with Gasteiger partial charge in [-0.05, 0) is 30.3 Å². The standard InChI is InChI=1S/C18H15ClF3NO5/c1-26-11-4-5-12(15(8-11)27-2)17(25)28-9-16(24)23-14-7-10(18(20,21)22)3-6-13(14)19/h3-8H,9H2,1-2H3,(H,23,24). The predicted octanol–water partition coefficient (Wildman–Crippen LogP) is 4.17. The van der Waals surface area contributed by atoms with Gasteiger partial charge < -0.3 is 19.5 Å². The number of carbonyl (C=O) groups excluding carboxylic acids is 2. The molecule has 0 heterocycles. The lowest BCUT2D eigenvalue weighted by Crippen LogP contribution is -2.21. The molecule has 0 aliphatic rings. The minimum atomic E-state index is -4.60. The molecule has 0 fully saturated rings. The Labute approximate surface area is 163 Å². The Morgan fingerprint density at radius 1 is 1.07 bits per heavy atom. The molecular weight excluding hydrogens is 403 g/mol. The first-order chi connectivity index (χ1) is 13.2. The van der Waals surface area contributed by atoms with Crippen molar-refractivity contribution in [3.05, 3.63) is 52.5 Å². The molecule has 0 saturated heterocycles. The van der Waals surface area contributed by atoms with Crippen LogP contribution in [0.1, 0.15) is 15.9 Å². The van der Waals surface area contributed by atoms with Crippen LogP contribution in [0.2, 0.25) is 5.02 Å². The van der Waals surface area contributed by atoms with Crippen LogP contribution >= 0.6 is 11.6 Å². The number of nitrogens with one attached hydrogen (secondary N) is 1. The number of anilines is 1. The Morgan fingerprint density at radius 3 is 2.39 bits per heavy atom. The molecule has 0 unspecified atom stereocenters. The zero-order chi connectivity index (χ0) is 20.9. The molecule has 0 bridgehead atoms. The molecule has 10 heteroatoms. The van der Waals surface area contributed by atoms with Crippen LogP contribution in [0.25, 0.3) is 0 Å². The molecule has 2 aromatic carbocycles. The molecule has 0 aromatic heterocycles. The van der Waals surface area contributed by atoms with E-state index in [9.17, 15) is 22.8 Å². The first-order valence-corrected chi connectivity index (χ1v) is 8.09. The third-order valence-corrected chi connectivity index (χ3v) is 3.86. The minimum Gasteiger partial charge on any atom is -0.497 e. The van der Waals surface area contributed by atoms with E-state index in [0.29, 0.717) is 11.8 Å². The summed E-state index contributed by atoms with van der Waals surface area (Å²) in [7, 11) is 2.78. The quantitative estimate of drug-likeness (QED) is 0.714. The molecule has 150 valence electrons. The molecule has 0 atom stereocenters. The number of hydrogen-bond donors (Lipinski definition) is 1. The van der Waals surface area contributed by atoms with E-state index in [4.69, 9.17) is 25.8 Å². The molecule has 6 nitrogen and oxygen atoms in total. The van der Waals surface area contributed by atoms with Crippen molar-refractivity contribution in [2.24, 2.45) is 0 Å². The van der Waals surface area contributed by atoms with Crippen molar-refractivity contribution in [3.63, 3.8) is 0 Å². The fraction of sp³-hybridized carbons (Fsp3) is 0.222. The van der Waals surface area contributed by atoms with Crippen LogP contribution in [-0.4, -0.2) is 32.7 Å². The van der Waals surface area contributed by atoms with Crippen LogP contribution < -0.4 is 14.8 Å². The largest absolute Gasteiger partial charge is 0.497 e. The number of rotatable bonds is 6. The average Bonchev–Trinajstić information content (AvgIpc) is 2.66. The van der Waals surface area contributed by atoms with Crippen molar-refractivity contribution in [1.29, 1.82) is 0 Å². The van der Waals surface area contributed by atoms with Crippen molar-refractivity contribution >= 4 is 29.2 Å². The maximum atomic E-state index is 12.8. The second-order valence-corrected chi connectivity index (χ2v) is 5.79. The van der Waals surface area contributed by atoms with Gasteiger partial charge >= 0.3 is 12.1 Å². The smallest absolute Gasteiger partial charge is 0.416 e. The summed E-state index contributed by atoms with van der Waals surface area (Å²) in [6.45, 7) is -0.736. The number of benzene rings is 2. The lowest BCUT2D eigenvalue weighted by molar-refractivity contribution is -0.137. The van der Waals surface area contributed by atoms with Gasteiger partial charge in [-0.2, -0.15) is 13.2 Å². The van der Waals surface area contributed by atoms with Crippen LogP contribution in [0.3, 0.4) is 0 Å². The number of esters is 1. The van der Waals surface area contributed by atoms with E-state index >= 15 is 0 Å². The van der Waals surface area contributed by atoms with Gasteiger partial charge in [0, 0.05) is 6.07 Å². The maximum absolute atomic E-state index is 12.8. The highest BCUT2D eigenvalue weighted by Gasteiger charge is 2.31. The lowest BCUT2D eigenvalue weighted by Gasteiger charge is -2.12. The zero-order valence-electron chi connectivity index (χ0n) is 14.7. The lowest BCUT2D eigenvalue weighted by atomic mass is 10.2. The van der Waals surface area contributed by atoms with Gasteiger partial charge in [0.2, 0.25) is 0 Å². The number of methoxy groups -OCH3 is 2. The highest BCUT2D eigenvalue weighted by molar-refractivity contribution is 6.33. The number of hydrogen-bond acceptors (Lipinski definition) is 5. The number of alkyl halides is 3. The SMILES string of the molecule is COc1ccc(C(=O)OCC(=O)Nc2cc(C(F)(F)F)ccc2Cl)c(OC)c1. The van der Waals surface area contributed by atoms with Gasteiger partial charge in [0.05, 0.1) is 30.5 Å². The third kappa shape index (κ3) is 5.29. The van der Waals surface area contributed by atoms with E-state index in [1.165, 1.54) is 32.4 Å². The number of ether oxygens (including phenoxy) is 3. The molecule has 2 aromatic rings. The molecular formula is C18H15ClF3NO5. The highest BCUT2D eigenvalue weighted by Crippen LogP contribution is 2.33. The van der Waals surface area contributed by atoms with Gasteiger partial charge in [0.1, 0.15) is 17.1 Å². The maximum Gasteiger partial charge on any atom is 0.416 e. The summed E-state index contributed by atoms with van der Waals surface area (Å²) in [6, 6.07) is 6.83. The van der Waals surface area contributed by atoms with Gasteiger partial charge in [0.25, 0.3) is 5.91 Å². The fourth-order valence-electron chi connectivity index (χ4n) is 2.16. The number of amides is 1. The summed E-state index contributed by atoms with van der Waals surface area (Å²) in [6.07, 6.45) is -4.60. The van der Waals surface area contributed by atoms with Gasteiger partial charge in [-0.25, -0.2) is 4.79 Å². The van der Waals surface area contributed by atoms with E-state index in [-0.39, 0.29) is 22.0 Å². The molecule has 1 N–H and O–H groups in total. The molecule has 0 spiro atoms. The van der Waals surface area contributed by atoms with Crippen LogP contribution in [0, 0.1) is 0 Å². The van der Waals surface area contributed by atoms with Crippen molar-refractivity contribution < 1.29 is 37.0 Å². The number of halogens is 4. The van der Waals surface area contributed by atoms with Gasteiger partial charge in [-0.3, -0.25) is 4.79 Å².